The minimum absolute atomic E-state index is 0.665. The lowest BCUT2D eigenvalue weighted by molar-refractivity contribution is 0.0615. The van der Waals surface area contributed by atoms with E-state index in [0.717, 1.165) is 32.7 Å². The summed E-state index contributed by atoms with van der Waals surface area (Å²) in [5.41, 5.74) is 0. The van der Waals surface area contributed by atoms with Crippen LogP contribution in [0, 0.1) is 0 Å². The topological polar surface area (TPSA) is 33.7 Å². The molecule has 1 N–H and O–H groups in total. The summed E-state index contributed by atoms with van der Waals surface area (Å²) >= 11 is 0. The Morgan fingerprint density at radius 2 is 2.20 bits per heavy atom. The van der Waals surface area contributed by atoms with Crippen LogP contribution in [0.4, 0.5) is 0 Å². The Hall–Kier alpha value is -0.160. The van der Waals surface area contributed by atoms with Gasteiger partial charge in [-0.05, 0) is 13.3 Å². The second-order valence-corrected chi connectivity index (χ2v) is 4.05. The molecule has 0 saturated carbocycles. The van der Waals surface area contributed by atoms with Gasteiger partial charge >= 0.3 is 0 Å². The van der Waals surface area contributed by atoms with Gasteiger partial charge in [0.15, 0.2) is 0 Å². The second kappa shape index (κ2) is 8.05. The van der Waals surface area contributed by atoms with Gasteiger partial charge in [-0.25, -0.2) is 0 Å². The van der Waals surface area contributed by atoms with E-state index < -0.39 is 0 Å². The molecule has 1 heterocycles. The van der Waals surface area contributed by atoms with Gasteiger partial charge in [0.25, 0.3) is 0 Å². The van der Waals surface area contributed by atoms with Gasteiger partial charge in [-0.1, -0.05) is 0 Å². The molecule has 0 aromatic heterocycles. The maximum absolute atomic E-state index is 5.43. The number of nitrogens with one attached hydrogen (secondary N) is 1. The molecule has 90 valence electrons. The van der Waals surface area contributed by atoms with Crippen molar-refractivity contribution in [3.05, 3.63) is 0 Å². The number of methoxy groups -OCH3 is 1. The van der Waals surface area contributed by atoms with Crippen molar-refractivity contribution in [1.29, 1.82) is 0 Å². The second-order valence-electron chi connectivity index (χ2n) is 4.05. The fraction of sp³-hybridized carbons (Fsp3) is 1.00. The number of ether oxygens (including phenoxy) is 2. The molecule has 0 unspecified atom stereocenters. The molecule has 4 heteroatoms. The highest BCUT2D eigenvalue weighted by molar-refractivity contribution is 4.75. The van der Waals surface area contributed by atoms with Crippen LogP contribution in [0.3, 0.4) is 0 Å². The van der Waals surface area contributed by atoms with Crippen molar-refractivity contribution in [2.45, 2.75) is 19.4 Å². The van der Waals surface area contributed by atoms with Crippen molar-refractivity contribution in [2.24, 2.45) is 0 Å². The molecule has 0 aliphatic carbocycles. The number of hydrogen-bond donors (Lipinski definition) is 1. The highest BCUT2D eigenvalue weighted by Crippen LogP contribution is 2.02. The lowest BCUT2D eigenvalue weighted by Gasteiger charge is -2.33. The van der Waals surface area contributed by atoms with Crippen molar-refractivity contribution in [1.82, 2.24) is 10.2 Å². The van der Waals surface area contributed by atoms with E-state index in [9.17, 15) is 0 Å². The smallest absolute Gasteiger partial charge is 0.0700 e. The fourth-order valence-electron chi connectivity index (χ4n) is 1.83. The van der Waals surface area contributed by atoms with Crippen LogP contribution in [-0.4, -0.2) is 64.1 Å². The van der Waals surface area contributed by atoms with E-state index in [-0.39, 0.29) is 0 Å². The molecule has 0 radical (unpaired) electrons. The molecule has 0 aromatic carbocycles. The Morgan fingerprint density at radius 3 is 2.93 bits per heavy atom. The summed E-state index contributed by atoms with van der Waals surface area (Å²) in [7, 11) is 1.70. The molecule has 0 aromatic rings. The first-order valence-electron chi connectivity index (χ1n) is 5.86. The predicted octanol–water partition coefficient (Wildman–Crippen LogP) is 0.333. The Labute approximate surface area is 92.9 Å². The molecule has 1 aliphatic heterocycles. The standard InChI is InChI=1S/C11H24N2O2/c1-11-10-12-4-6-13(11)5-3-7-15-9-8-14-2/h11-12H,3-10H2,1-2H3/t11-/m0/s1. The van der Waals surface area contributed by atoms with Gasteiger partial charge in [-0.2, -0.15) is 0 Å². The summed E-state index contributed by atoms with van der Waals surface area (Å²) in [5.74, 6) is 0. The first-order valence-corrected chi connectivity index (χ1v) is 5.86. The molecule has 1 rings (SSSR count). The van der Waals surface area contributed by atoms with Crippen LogP contribution in [0.2, 0.25) is 0 Å². The fourth-order valence-corrected chi connectivity index (χ4v) is 1.83. The maximum Gasteiger partial charge on any atom is 0.0700 e. The molecule has 1 fully saturated rings. The third-order valence-corrected chi connectivity index (χ3v) is 2.80. The van der Waals surface area contributed by atoms with E-state index in [1.807, 2.05) is 0 Å². The van der Waals surface area contributed by atoms with Gasteiger partial charge in [-0.15, -0.1) is 0 Å². The third kappa shape index (κ3) is 5.47. The summed E-state index contributed by atoms with van der Waals surface area (Å²) in [4.78, 5) is 2.52. The van der Waals surface area contributed by atoms with Crippen molar-refractivity contribution >= 4 is 0 Å². The Bertz CT molecular complexity index is 156. The van der Waals surface area contributed by atoms with Crippen molar-refractivity contribution < 1.29 is 9.47 Å². The van der Waals surface area contributed by atoms with E-state index in [0.29, 0.717) is 19.3 Å². The molecule has 0 spiro atoms. The van der Waals surface area contributed by atoms with Crippen LogP contribution in [0.25, 0.3) is 0 Å². The zero-order valence-corrected chi connectivity index (χ0v) is 10.00. The molecular formula is C11H24N2O2. The van der Waals surface area contributed by atoms with Crippen LogP contribution < -0.4 is 5.32 Å². The van der Waals surface area contributed by atoms with E-state index in [1.165, 1.54) is 6.54 Å². The van der Waals surface area contributed by atoms with Crippen LogP contribution in [0.1, 0.15) is 13.3 Å². The molecule has 0 amide bonds. The van der Waals surface area contributed by atoms with Crippen LogP contribution >= 0.6 is 0 Å². The third-order valence-electron chi connectivity index (χ3n) is 2.80. The lowest BCUT2D eigenvalue weighted by atomic mass is 10.2. The van der Waals surface area contributed by atoms with Crippen LogP contribution in [0.5, 0.6) is 0 Å². The molecule has 15 heavy (non-hydrogen) atoms. The van der Waals surface area contributed by atoms with E-state index in [4.69, 9.17) is 9.47 Å². The summed E-state index contributed by atoms with van der Waals surface area (Å²) in [5, 5.41) is 3.39. The van der Waals surface area contributed by atoms with E-state index in [2.05, 4.69) is 17.1 Å². The van der Waals surface area contributed by atoms with Gasteiger partial charge in [0.2, 0.25) is 0 Å². The van der Waals surface area contributed by atoms with Crippen molar-refractivity contribution in [3.8, 4) is 0 Å². The first kappa shape index (κ1) is 12.9. The Morgan fingerprint density at radius 1 is 1.33 bits per heavy atom. The SMILES string of the molecule is COCCOCCCN1CCNC[C@@H]1C. The molecule has 1 aliphatic rings. The maximum atomic E-state index is 5.43. The Balaban J connectivity index is 1.94. The summed E-state index contributed by atoms with van der Waals surface area (Å²) < 4.78 is 10.3. The molecule has 1 saturated heterocycles. The molecule has 4 nitrogen and oxygen atoms in total. The van der Waals surface area contributed by atoms with Crippen molar-refractivity contribution in [2.75, 3.05) is 53.1 Å². The number of piperazine rings is 1. The summed E-state index contributed by atoms with van der Waals surface area (Å²) in [6.45, 7) is 9.09. The minimum atomic E-state index is 0.665. The summed E-state index contributed by atoms with van der Waals surface area (Å²) in [6, 6.07) is 0.665. The quantitative estimate of drug-likeness (QED) is 0.622. The average Bonchev–Trinajstić information content (AvgIpc) is 2.25. The minimum Gasteiger partial charge on any atom is -0.382 e. The summed E-state index contributed by atoms with van der Waals surface area (Å²) in [6.07, 6.45) is 1.12. The van der Waals surface area contributed by atoms with Gasteiger partial charge in [0, 0.05) is 45.9 Å². The van der Waals surface area contributed by atoms with Crippen molar-refractivity contribution in [3.63, 3.8) is 0 Å². The first-order chi connectivity index (χ1) is 7.34. The number of hydrogen-bond acceptors (Lipinski definition) is 4. The zero-order chi connectivity index (χ0) is 10.9. The van der Waals surface area contributed by atoms with E-state index in [1.54, 1.807) is 7.11 Å². The predicted molar refractivity (Wildman–Crippen MR) is 61.2 cm³/mol. The average molecular weight is 216 g/mol. The molecule has 0 bridgehead atoms. The molecular weight excluding hydrogens is 192 g/mol. The van der Waals surface area contributed by atoms with Gasteiger partial charge in [-0.3, -0.25) is 4.90 Å². The highest BCUT2D eigenvalue weighted by Gasteiger charge is 2.16. The largest absolute Gasteiger partial charge is 0.382 e. The van der Waals surface area contributed by atoms with Gasteiger partial charge in [0.1, 0.15) is 0 Å². The Kier molecular flexibility index (Phi) is 6.92. The lowest BCUT2D eigenvalue weighted by Crippen LogP contribution is -2.50. The zero-order valence-electron chi connectivity index (χ0n) is 10.00. The number of rotatable bonds is 7. The monoisotopic (exact) mass is 216 g/mol. The van der Waals surface area contributed by atoms with Gasteiger partial charge < -0.3 is 14.8 Å². The normalized spacial score (nSPS) is 23.2. The van der Waals surface area contributed by atoms with Crippen LogP contribution in [-0.2, 0) is 9.47 Å². The number of nitrogens with zero attached hydrogens (tertiary/aromatic N) is 1. The molecule has 1 atom stereocenters. The van der Waals surface area contributed by atoms with Crippen LogP contribution in [0.15, 0.2) is 0 Å². The van der Waals surface area contributed by atoms with E-state index >= 15 is 0 Å². The van der Waals surface area contributed by atoms with Gasteiger partial charge in [0.05, 0.1) is 13.2 Å². The highest BCUT2D eigenvalue weighted by atomic mass is 16.5.